The van der Waals surface area contributed by atoms with Gasteiger partial charge in [0.2, 0.25) is 11.4 Å². The van der Waals surface area contributed by atoms with Crippen LogP contribution < -0.4 is 10.9 Å². The number of nitrogens with zero attached hydrogens (tertiary/aromatic N) is 2. The van der Waals surface area contributed by atoms with E-state index in [1.54, 1.807) is 6.92 Å². The highest BCUT2D eigenvalue weighted by Crippen LogP contribution is 2.16. The number of carbonyl (C=O) groups is 1. The number of aromatic nitrogens is 1. The highest BCUT2D eigenvalue weighted by atomic mass is 16.6. The lowest BCUT2D eigenvalue weighted by atomic mass is 10.2. The van der Waals surface area contributed by atoms with Gasteiger partial charge in [-0.15, -0.1) is 0 Å². The van der Waals surface area contributed by atoms with Gasteiger partial charge in [0.15, 0.2) is 0 Å². The lowest BCUT2D eigenvalue weighted by Crippen LogP contribution is -2.34. The van der Waals surface area contributed by atoms with Crippen molar-refractivity contribution in [1.82, 2.24) is 10.3 Å². The van der Waals surface area contributed by atoms with Gasteiger partial charge in [0, 0.05) is 0 Å². The van der Waals surface area contributed by atoms with Gasteiger partial charge in [-0.1, -0.05) is 30.3 Å². The monoisotopic (exact) mass is 365 g/mol. The van der Waals surface area contributed by atoms with Gasteiger partial charge in [0.05, 0.1) is 16.6 Å². The fraction of sp³-hybridized carbons (Fsp3) is 0.286. The summed E-state index contributed by atoms with van der Waals surface area (Å²) in [5.74, 6) is 0.356. The fourth-order valence-corrected chi connectivity index (χ4v) is 2.48. The number of fused-ring (bicyclic) bond motifs is 1. The minimum Gasteiger partial charge on any atom is -0.444 e. The first-order valence-electron chi connectivity index (χ1n) is 8.81. The summed E-state index contributed by atoms with van der Waals surface area (Å²) in [6.45, 7) is 7.23. The number of hydrogen-bond acceptors (Lipinski definition) is 5. The molecule has 6 heteroatoms. The number of para-hydroxylation sites is 2. The normalized spacial score (nSPS) is 13.4. The van der Waals surface area contributed by atoms with Gasteiger partial charge in [-0.05, 0) is 52.0 Å². The van der Waals surface area contributed by atoms with Crippen molar-refractivity contribution in [3.8, 4) is 0 Å². The quantitative estimate of drug-likeness (QED) is 0.733. The zero-order valence-electron chi connectivity index (χ0n) is 15.9. The molecule has 1 amide bonds. The number of amides is 1. The third-order valence-electron chi connectivity index (χ3n) is 3.66. The molecule has 1 aromatic heterocycles. The Balaban J connectivity index is 2.00. The van der Waals surface area contributed by atoms with E-state index in [9.17, 15) is 4.79 Å². The third kappa shape index (κ3) is 4.94. The van der Waals surface area contributed by atoms with Crippen molar-refractivity contribution in [1.29, 1.82) is 0 Å². The van der Waals surface area contributed by atoms with Gasteiger partial charge in [0.25, 0.3) is 0 Å². The van der Waals surface area contributed by atoms with Crippen LogP contribution in [0.4, 0.5) is 10.5 Å². The first kappa shape index (κ1) is 18.6. The molecule has 3 rings (SSSR count). The molecule has 1 heterocycles. The average Bonchev–Trinajstić information content (AvgIpc) is 2.60. The maximum Gasteiger partial charge on any atom is 0.408 e. The summed E-state index contributed by atoms with van der Waals surface area (Å²) in [7, 11) is 0. The van der Waals surface area contributed by atoms with Crippen LogP contribution in [0, 0.1) is 0 Å². The molecule has 3 aromatic rings. The number of nitrogens with one attached hydrogen (secondary N) is 1. The third-order valence-corrected chi connectivity index (χ3v) is 3.66. The number of alkyl carbamates (subject to hydrolysis) is 1. The molecule has 0 saturated carbocycles. The molecule has 6 nitrogen and oxygen atoms in total. The molecule has 0 fully saturated rings. The Morgan fingerprint density at radius 3 is 2.48 bits per heavy atom. The summed E-state index contributed by atoms with van der Waals surface area (Å²) in [5, 5.41) is 3.55. The van der Waals surface area contributed by atoms with Gasteiger partial charge in [-0.3, -0.25) is 0 Å². The van der Waals surface area contributed by atoms with Gasteiger partial charge in [-0.2, -0.15) is 0 Å². The van der Waals surface area contributed by atoms with Crippen molar-refractivity contribution in [3.05, 3.63) is 66.0 Å². The second-order valence-electron chi connectivity index (χ2n) is 7.19. The van der Waals surface area contributed by atoms with Crippen LogP contribution in [0.3, 0.4) is 0 Å². The van der Waals surface area contributed by atoms with Gasteiger partial charge in [-0.25, -0.2) is 14.8 Å². The van der Waals surface area contributed by atoms with Crippen LogP contribution in [0.25, 0.3) is 10.9 Å². The number of rotatable bonds is 3. The topological polar surface area (TPSA) is 76.7 Å². The van der Waals surface area contributed by atoms with E-state index in [1.807, 2.05) is 75.4 Å². The molecular formula is C21H23N3O3. The molecule has 1 unspecified atom stereocenters. The Morgan fingerprint density at radius 1 is 1.11 bits per heavy atom. The Labute approximate surface area is 157 Å². The Morgan fingerprint density at radius 2 is 1.78 bits per heavy atom. The minimum atomic E-state index is -0.578. The molecule has 1 N–H and O–H groups in total. The maximum atomic E-state index is 12.1. The van der Waals surface area contributed by atoms with Crippen molar-refractivity contribution >= 4 is 22.7 Å². The number of carbonyl (C=O) groups excluding carboxylic acids is 1. The molecule has 140 valence electrons. The lowest BCUT2D eigenvalue weighted by Gasteiger charge is -2.21. The second kappa shape index (κ2) is 7.61. The maximum absolute atomic E-state index is 12.1. The fourth-order valence-electron chi connectivity index (χ4n) is 2.48. The molecule has 27 heavy (non-hydrogen) atoms. The van der Waals surface area contributed by atoms with E-state index in [2.05, 4.69) is 15.3 Å². The molecule has 0 radical (unpaired) electrons. The molecule has 0 saturated heterocycles. The van der Waals surface area contributed by atoms with Gasteiger partial charge < -0.3 is 14.5 Å². The molecular weight excluding hydrogens is 342 g/mol. The molecule has 2 aromatic carbocycles. The van der Waals surface area contributed by atoms with E-state index in [0.717, 1.165) is 16.6 Å². The molecule has 0 bridgehead atoms. The van der Waals surface area contributed by atoms with Crippen molar-refractivity contribution in [2.75, 3.05) is 0 Å². The van der Waals surface area contributed by atoms with Crippen molar-refractivity contribution in [2.45, 2.75) is 39.3 Å². The predicted octanol–water partition coefficient (Wildman–Crippen LogP) is 4.65. The first-order valence-corrected chi connectivity index (χ1v) is 8.81. The van der Waals surface area contributed by atoms with Crippen LogP contribution in [0.15, 0.2) is 64.0 Å². The van der Waals surface area contributed by atoms with Crippen LogP contribution in [0.5, 0.6) is 0 Å². The largest absolute Gasteiger partial charge is 0.444 e. The van der Waals surface area contributed by atoms with Crippen LogP contribution in [-0.2, 0) is 4.74 Å². The summed E-state index contributed by atoms with van der Waals surface area (Å²) in [5.41, 5.74) is 1.38. The second-order valence-corrected chi connectivity index (χ2v) is 7.19. The van der Waals surface area contributed by atoms with E-state index in [4.69, 9.17) is 9.15 Å². The van der Waals surface area contributed by atoms with Crippen molar-refractivity contribution < 1.29 is 13.9 Å². The van der Waals surface area contributed by atoms with E-state index >= 15 is 0 Å². The van der Waals surface area contributed by atoms with Crippen molar-refractivity contribution in [2.24, 2.45) is 4.99 Å². The Hall–Kier alpha value is -3.15. The summed E-state index contributed by atoms with van der Waals surface area (Å²) in [6, 6.07) is 16.7. The molecule has 0 aliphatic rings. The first-order chi connectivity index (χ1) is 12.8. The number of hydrogen-bond donors (Lipinski definition) is 1. The molecule has 0 aliphatic carbocycles. The molecule has 0 spiro atoms. The van der Waals surface area contributed by atoms with Crippen LogP contribution in [0.1, 0.15) is 39.6 Å². The zero-order valence-corrected chi connectivity index (χ0v) is 15.9. The van der Waals surface area contributed by atoms with Crippen molar-refractivity contribution in [3.63, 3.8) is 0 Å². The average molecular weight is 365 g/mol. The van der Waals surface area contributed by atoms with Crippen LogP contribution in [-0.4, -0.2) is 16.7 Å². The number of ether oxygens (including phenoxy) is 1. The zero-order chi connectivity index (χ0) is 19.4. The predicted molar refractivity (Wildman–Crippen MR) is 103 cm³/mol. The highest BCUT2D eigenvalue weighted by Gasteiger charge is 2.20. The van der Waals surface area contributed by atoms with Gasteiger partial charge in [0.1, 0.15) is 11.6 Å². The highest BCUT2D eigenvalue weighted by molar-refractivity contribution is 5.77. The molecule has 1 atom stereocenters. The van der Waals surface area contributed by atoms with Crippen LogP contribution >= 0.6 is 0 Å². The van der Waals surface area contributed by atoms with E-state index in [1.165, 1.54) is 0 Å². The minimum absolute atomic E-state index is 0.356. The molecule has 0 aliphatic heterocycles. The lowest BCUT2D eigenvalue weighted by molar-refractivity contribution is 0.0499. The summed E-state index contributed by atoms with van der Waals surface area (Å²) >= 11 is 0. The number of benzene rings is 2. The van der Waals surface area contributed by atoms with E-state index in [0.29, 0.717) is 11.4 Å². The standard InChI is InChI=1S/C21H23N3O3/c1-14(22-20(25)27-21(2,3)4)18-24-17-13-9-8-12-16(17)19(26-18)23-15-10-6-5-7-11-15/h5-14H,1-4H3,(H,22,25). The van der Waals surface area contributed by atoms with Gasteiger partial charge >= 0.3 is 6.09 Å². The SMILES string of the molecule is CC(NC(=O)OC(C)(C)C)c1nc2ccccc2c(=Nc2ccccc2)o1. The van der Waals surface area contributed by atoms with E-state index in [-0.39, 0.29) is 0 Å². The summed E-state index contributed by atoms with van der Waals surface area (Å²) in [6.07, 6.45) is -0.526. The van der Waals surface area contributed by atoms with E-state index < -0.39 is 17.7 Å². The Kier molecular flexibility index (Phi) is 5.26. The summed E-state index contributed by atoms with van der Waals surface area (Å²) in [4.78, 5) is 21.2. The smallest absolute Gasteiger partial charge is 0.408 e. The summed E-state index contributed by atoms with van der Waals surface area (Å²) < 4.78 is 11.2. The Bertz CT molecular complexity index is 1000. The van der Waals surface area contributed by atoms with Crippen LogP contribution in [0.2, 0.25) is 0 Å².